The molecule has 0 spiro atoms. The molecule has 0 N–H and O–H groups in total. The van der Waals surface area contributed by atoms with Gasteiger partial charge >= 0.3 is 1.43 Å². The van der Waals surface area contributed by atoms with Crippen LogP contribution in [0.2, 0.25) is 0 Å². The van der Waals surface area contributed by atoms with Crippen LogP contribution in [0.5, 0.6) is 0 Å². The van der Waals surface area contributed by atoms with Gasteiger partial charge in [-0.3, -0.25) is 4.98 Å². The van der Waals surface area contributed by atoms with Gasteiger partial charge in [0.1, 0.15) is 0 Å². The molecule has 1 nitrogen and oxygen atoms in total. The molecule has 2 aromatic heterocycles. The van der Waals surface area contributed by atoms with Crippen LogP contribution in [0.1, 0.15) is 1.43 Å². The first-order valence-electron chi connectivity index (χ1n) is 4.74. The lowest BCUT2D eigenvalue weighted by Crippen LogP contribution is -1.73. The van der Waals surface area contributed by atoms with Crippen LogP contribution in [0.3, 0.4) is 0 Å². The van der Waals surface area contributed by atoms with Gasteiger partial charge in [0.2, 0.25) is 0 Å². The minimum atomic E-state index is 0. The first-order chi connectivity index (χ1) is 7.47. The second-order valence-corrected chi connectivity index (χ2v) is 3.81. The van der Waals surface area contributed by atoms with E-state index >= 15 is 0 Å². The van der Waals surface area contributed by atoms with Crippen molar-refractivity contribution >= 4 is 22.2 Å². The number of rotatable bonds is 0. The van der Waals surface area contributed by atoms with Gasteiger partial charge in [-0.25, -0.2) is 0 Å². The van der Waals surface area contributed by atoms with Gasteiger partial charge < -0.3 is 0 Å². The predicted octanol–water partition coefficient (Wildman–Crippen LogP) is 4.10. The lowest BCUT2D eigenvalue weighted by molar-refractivity contribution is 1.41. The quantitative estimate of drug-likeness (QED) is 0.549. The Morgan fingerprint density at radius 2 is 1.60 bits per heavy atom. The van der Waals surface area contributed by atoms with Gasteiger partial charge in [0, 0.05) is 11.6 Å². The van der Waals surface area contributed by atoms with Crippen molar-refractivity contribution in [2.45, 2.75) is 0 Å². The van der Waals surface area contributed by atoms with E-state index in [1.165, 1.54) is 5.39 Å². The maximum Gasteiger partial charge on any atom is 1.00 e. The van der Waals surface area contributed by atoms with Crippen LogP contribution in [0, 0.1) is 0 Å². The van der Waals surface area contributed by atoms with Crippen LogP contribution in [-0.2, 0) is 0 Å². The highest BCUT2D eigenvalue weighted by Crippen LogP contribution is 2.07. The SMILES string of the molecule is [H+].c1ccc2ncccc2c1.c1ccsc1. The predicted molar refractivity (Wildman–Crippen MR) is 67.2 cm³/mol. The molecule has 2 heterocycles. The standard InChI is InChI=1S/C9H7N.C4H4S/c1-2-6-9-8(4-1)5-3-7-10-9;1-2-4-5-3-1/h1-7H;1-4H/p+1. The third-order valence-corrected chi connectivity index (χ3v) is 2.57. The van der Waals surface area contributed by atoms with E-state index < -0.39 is 0 Å². The molecule has 3 rings (SSSR count). The van der Waals surface area contributed by atoms with Gasteiger partial charge in [0.15, 0.2) is 0 Å². The molecule has 0 aliphatic carbocycles. The number of hydrogen-bond acceptors (Lipinski definition) is 2. The van der Waals surface area contributed by atoms with Gasteiger partial charge in [0.05, 0.1) is 5.52 Å². The fourth-order valence-electron chi connectivity index (χ4n) is 1.24. The molecule has 0 aliphatic rings. The highest BCUT2D eigenvalue weighted by molar-refractivity contribution is 7.07. The molecule has 0 fully saturated rings. The molecule has 74 valence electrons. The highest BCUT2D eigenvalue weighted by Gasteiger charge is 1.86. The van der Waals surface area contributed by atoms with E-state index in [9.17, 15) is 0 Å². The van der Waals surface area contributed by atoms with Crippen LogP contribution in [0.25, 0.3) is 10.9 Å². The molecule has 0 saturated carbocycles. The van der Waals surface area contributed by atoms with Crippen molar-refractivity contribution < 1.29 is 1.43 Å². The molecular formula is C13H12NS+. The number of para-hydroxylation sites is 1. The van der Waals surface area contributed by atoms with E-state index in [4.69, 9.17) is 0 Å². The minimum Gasteiger partial charge on any atom is -0.256 e. The molecule has 1 aromatic carbocycles. The fourth-order valence-corrected chi connectivity index (χ4v) is 1.70. The Hall–Kier alpha value is -1.67. The van der Waals surface area contributed by atoms with Crippen molar-refractivity contribution in [2.24, 2.45) is 0 Å². The van der Waals surface area contributed by atoms with Gasteiger partial charge in [-0.05, 0) is 22.9 Å². The van der Waals surface area contributed by atoms with E-state index in [0.29, 0.717) is 0 Å². The van der Waals surface area contributed by atoms with Crippen LogP contribution in [-0.4, -0.2) is 4.98 Å². The number of thiophene rings is 1. The Morgan fingerprint density at radius 1 is 0.867 bits per heavy atom. The highest BCUT2D eigenvalue weighted by atomic mass is 32.1. The molecule has 0 atom stereocenters. The molecule has 15 heavy (non-hydrogen) atoms. The molecular weight excluding hydrogens is 202 g/mol. The summed E-state index contributed by atoms with van der Waals surface area (Å²) in [7, 11) is 0. The van der Waals surface area contributed by atoms with E-state index in [1.54, 1.807) is 11.3 Å². The Kier molecular flexibility index (Phi) is 3.47. The van der Waals surface area contributed by atoms with Crippen molar-refractivity contribution in [1.82, 2.24) is 4.98 Å². The lowest BCUT2D eigenvalue weighted by atomic mass is 10.2. The van der Waals surface area contributed by atoms with E-state index in [1.807, 2.05) is 53.4 Å². The first-order valence-corrected chi connectivity index (χ1v) is 5.68. The average Bonchev–Trinajstić information content (AvgIpc) is 2.88. The van der Waals surface area contributed by atoms with Crippen LogP contribution >= 0.6 is 11.3 Å². The Morgan fingerprint density at radius 3 is 2.27 bits per heavy atom. The summed E-state index contributed by atoms with van der Waals surface area (Å²) in [6.45, 7) is 0. The average molecular weight is 214 g/mol. The van der Waals surface area contributed by atoms with Crippen molar-refractivity contribution in [1.29, 1.82) is 0 Å². The normalized spacial score (nSPS) is 9.33. The third-order valence-electron chi connectivity index (χ3n) is 1.94. The van der Waals surface area contributed by atoms with Crippen molar-refractivity contribution in [3.8, 4) is 0 Å². The summed E-state index contributed by atoms with van der Waals surface area (Å²) in [4.78, 5) is 4.18. The van der Waals surface area contributed by atoms with Crippen LogP contribution in [0.4, 0.5) is 0 Å². The molecule has 2 heteroatoms. The molecule has 3 aromatic rings. The monoisotopic (exact) mass is 214 g/mol. The van der Waals surface area contributed by atoms with Gasteiger partial charge in [-0.1, -0.05) is 36.4 Å². The molecule has 0 amide bonds. The van der Waals surface area contributed by atoms with Crippen molar-refractivity contribution in [3.05, 3.63) is 65.5 Å². The fraction of sp³-hybridized carbons (Fsp3) is 0. The number of nitrogens with zero attached hydrogens (tertiary/aromatic N) is 1. The Balaban J connectivity index is 0.000000183. The number of hydrogen-bond donors (Lipinski definition) is 0. The van der Waals surface area contributed by atoms with Crippen molar-refractivity contribution in [2.75, 3.05) is 0 Å². The third kappa shape index (κ3) is 2.89. The van der Waals surface area contributed by atoms with Crippen LogP contribution in [0.15, 0.2) is 65.5 Å². The summed E-state index contributed by atoms with van der Waals surface area (Å²) >= 11 is 1.71. The number of pyridine rings is 1. The van der Waals surface area contributed by atoms with Gasteiger partial charge in [-0.15, -0.1) is 0 Å². The zero-order chi connectivity index (χ0) is 10.3. The first kappa shape index (κ1) is 9.87. The molecule has 0 unspecified atom stereocenters. The second kappa shape index (κ2) is 5.27. The van der Waals surface area contributed by atoms with E-state index in [0.717, 1.165) is 5.52 Å². The number of fused-ring (bicyclic) bond motifs is 1. The summed E-state index contributed by atoms with van der Waals surface area (Å²) < 4.78 is 0. The largest absolute Gasteiger partial charge is 1.00 e. The number of benzene rings is 1. The smallest absolute Gasteiger partial charge is 0.256 e. The summed E-state index contributed by atoms with van der Waals surface area (Å²) in [6.07, 6.45) is 1.81. The van der Waals surface area contributed by atoms with E-state index in [-0.39, 0.29) is 1.43 Å². The Labute approximate surface area is 94.5 Å². The maximum absolute atomic E-state index is 4.18. The topological polar surface area (TPSA) is 12.9 Å². The van der Waals surface area contributed by atoms with Gasteiger partial charge in [0.25, 0.3) is 0 Å². The van der Waals surface area contributed by atoms with Crippen molar-refractivity contribution in [3.63, 3.8) is 0 Å². The lowest BCUT2D eigenvalue weighted by Gasteiger charge is -1.91. The summed E-state index contributed by atoms with van der Waals surface area (Å²) in [6, 6.07) is 16.1. The van der Waals surface area contributed by atoms with Gasteiger partial charge in [-0.2, -0.15) is 11.3 Å². The molecule has 0 saturated heterocycles. The zero-order valence-electron chi connectivity index (χ0n) is 9.21. The Bertz CT molecular complexity index is 425. The second-order valence-electron chi connectivity index (χ2n) is 2.99. The van der Waals surface area contributed by atoms with Crippen LogP contribution < -0.4 is 0 Å². The summed E-state index contributed by atoms with van der Waals surface area (Å²) in [5.74, 6) is 0. The zero-order valence-corrected chi connectivity index (χ0v) is 9.02. The molecule has 0 bridgehead atoms. The van der Waals surface area contributed by atoms with E-state index in [2.05, 4.69) is 17.1 Å². The number of aromatic nitrogens is 1. The summed E-state index contributed by atoms with van der Waals surface area (Å²) in [5.41, 5.74) is 1.06. The molecule has 0 aliphatic heterocycles. The minimum absolute atomic E-state index is 0. The molecule has 0 radical (unpaired) electrons. The maximum atomic E-state index is 4.18. The summed E-state index contributed by atoms with van der Waals surface area (Å²) in [5, 5.41) is 5.28.